The van der Waals surface area contributed by atoms with Gasteiger partial charge in [-0.05, 0) is 58.0 Å². The minimum absolute atomic E-state index is 0.156. The van der Waals surface area contributed by atoms with Crippen molar-refractivity contribution < 1.29 is 18.1 Å². The standard InChI is InChI=1S/C18H21BF2N2O2/c1-17(2)18(3,4)25-19(24-17)13-10-12(22)6-8-15(13)23-16-7-5-11(20)9-14(16)21/h5-10,23H,22H2,1-4H3. The number of anilines is 3. The molecular weight excluding hydrogens is 325 g/mol. The smallest absolute Gasteiger partial charge is 0.399 e. The largest absolute Gasteiger partial charge is 0.497 e. The highest BCUT2D eigenvalue weighted by Crippen LogP contribution is 2.37. The lowest BCUT2D eigenvalue weighted by molar-refractivity contribution is 0.00578. The first-order valence-electron chi connectivity index (χ1n) is 8.06. The lowest BCUT2D eigenvalue weighted by atomic mass is 9.77. The van der Waals surface area contributed by atoms with E-state index in [0.717, 1.165) is 6.07 Å². The highest BCUT2D eigenvalue weighted by atomic mass is 19.1. The normalized spacial score (nSPS) is 18.4. The number of hydrogen-bond donors (Lipinski definition) is 2. The van der Waals surface area contributed by atoms with Gasteiger partial charge in [0.05, 0.1) is 16.9 Å². The summed E-state index contributed by atoms with van der Waals surface area (Å²) in [5, 5.41) is 2.97. The van der Waals surface area contributed by atoms with Crippen molar-refractivity contribution in [3.63, 3.8) is 0 Å². The van der Waals surface area contributed by atoms with Crippen LogP contribution in [0.1, 0.15) is 27.7 Å². The molecule has 1 saturated heterocycles. The molecule has 0 bridgehead atoms. The molecule has 1 aliphatic heterocycles. The first-order chi connectivity index (χ1) is 11.6. The van der Waals surface area contributed by atoms with Gasteiger partial charge in [-0.15, -0.1) is 0 Å². The maximum Gasteiger partial charge on any atom is 0.497 e. The van der Waals surface area contributed by atoms with Gasteiger partial charge in [-0.3, -0.25) is 0 Å². The third kappa shape index (κ3) is 3.34. The first kappa shape index (κ1) is 17.7. The van der Waals surface area contributed by atoms with Gasteiger partial charge in [-0.2, -0.15) is 0 Å². The molecular formula is C18H21BF2N2O2. The Bertz CT molecular complexity index is 796. The van der Waals surface area contributed by atoms with Crippen LogP contribution in [0.4, 0.5) is 25.8 Å². The van der Waals surface area contributed by atoms with Crippen molar-refractivity contribution in [2.45, 2.75) is 38.9 Å². The zero-order chi connectivity index (χ0) is 18.4. The van der Waals surface area contributed by atoms with E-state index in [0.29, 0.717) is 16.8 Å². The van der Waals surface area contributed by atoms with E-state index in [-0.39, 0.29) is 5.69 Å². The molecule has 0 radical (unpaired) electrons. The van der Waals surface area contributed by atoms with Crippen LogP contribution < -0.4 is 16.5 Å². The number of hydrogen-bond acceptors (Lipinski definition) is 4. The van der Waals surface area contributed by atoms with Crippen LogP contribution in [0.15, 0.2) is 36.4 Å². The summed E-state index contributed by atoms with van der Waals surface area (Å²) < 4.78 is 39.2. The molecule has 0 aromatic heterocycles. The molecule has 0 saturated carbocycles. The minimum atomic E-state index is -0.684. The highest BCUT2D eigenvalue weighted by Gasteiger charge is 2.52. The van der Waals surface area contributed by atoms with Crippen LogP contribution in [0.2, 0.25) is 0 Å². The van der Waals surface area contributed by atoms with E-state index in [1.165, 1.54) is 12.1 Å². The summed E-state index contributed by atoms with van der Waals surface area (Å²) in [7, 11) is -0.653. The molecule has 0 amide bonds. The Labute approximate surface area is 146 Å². The van der Waals surface area contributed by atoms with Gasteiger partial charge < -0.3 is 20.4 Å². The zero-order valence-corrected chi connectivity index (χ0v) is 14.7. The summed E-state index contributed by atoms with van der Waals surface area (Å²) in [4.78, 5) is 0. The van der Waals surface area contributed by atoms with Crippen molar-refractivity contribution >= 4 is 29.6 Å². The molecule has 0 unspecified atom stereocenters. The van der Waals surface area contributed by atoms with Gasteiger partial charge in [0.1, 0.15) is 11.6 Å². The molecule has 0 spiro atoms. The third-order valence-electron chi connectivity index (χ3n) is 4.78. The second kappa shape index (κ2) is 6.00. The predicted octanol–water partition coefficient (Wildman–Crippen LogP) is 3.59. The Hall–Kier alpha value is -2.12. The maximum atomic E-state index is 14.0. The van der Waals surface area contributed by atoms with Gasteiger partial charge in [-0.1, -0.05) is 0 Å². The van der Waals surface area contributed by atoms with E-state index in [1.54, 1.807) is 18.2 Å². The Balaban J connectivity index is 1.97. The Kier molecular flexibility index (Phi) is 4.25. The molecule has 0 atom stereocenters. The van der Waals surface area contributed by atoms with Crippen molar-refractivity contribution in [2.24, 2.45) is 0 Å². The van der Waals surface area contributed by atoms with Gasteiger partial charge in [0, 0.05) is 22.9 Å². The number of nitrogens with two attached hydrogens (primary N) is 1. The molecule has 2 aromatic rings. The molecule has 4 nitrogen and oxygen atoms in total. The van der Waals surface area contributed by atoms with Crippen molar-refractivity contribution in [2.75, 3.05) is 11.1 Å². The van der Waals surface area contributed by atoms with Crippen LogP contribution >= 0.6 is 0 Å². The van der Waals surface area contributed by atoms with Gasteiger partial charge in [0.25, 0.3) is 0 Å². The quantitative estimate of drug-likeness (QED) is 0.659. The van der Waals surface area contributed by atoms with Crippen LogP contribution in [0, 0.1) is 11.6 Å². The number of rotatable bonds is 3. The Morgan fingerprint density at radius 2 is 1.52 bits per heavy atom. The van der Waals surface area contributed by atoms with Crippen LogP contribution in [0.25, 0.3) is 0 Å². The SMILES string of the molecule is CC1(C)OB(c2cc(N)ccc2Nc2ccc(F)cc2F)OC1(C)C. The Morgan fingerprint density at radius 1 is 0.920 bits per heavy atom. The lowest BCUT2D eigenvalue weighted by Gasteiger charge is -2.32. The number of halogens is 2. The fraction of sp³-hybridized carbons (Fsp3) is 0.333. The van der Waals surface area contributed by atoms with Crippen molar-refractivity contribution in [1.29, 1.82) is 0 Å². The molecule has 1 heterocycles. The molecule has 3 N–H and O–H groups in total. The van der Waals surface area contributed by atoms with E-state index in [1.807, 2.05) is 27.7 Å². The summed E-state index contributed by atoms with van der Waals surface area (Å²) in [6.45, 7) is 7.80. The van der Waals surface area contributed by atoms with Crippen LogP contribution in [0.3, 0.4) is 0 Å². The van der Waals surface area contributed by atoms with Crippen LogP contribution in [-0.2, 0) is 9.31 Å². The zero-order valence-electron chi connectivity index (χ0n) is 14.7. The fourth-order valence-corrected chi connectivity index (χ4v) is 2.60. The average molecular weight is 346 g/mol. The summed E-state index contributed by atoms with van der Waals surface area (Å²) in [6.07, 6.45) is 0. The summed E-state index contributed by atoms with van der Waals surface area (Å²) in [5.74, 6) is -1.32. The first-order valence-corrected chi connectivity index (χ1v) is 8.06. The Morgan fingerprint density at radius 3 is 2.12 bits per heavy atom. The van der Waals surface area contributed by atoms with E-state index in [9.17, 15) is 8.78 Å². The number of nitrogen functional groups attached to an aromatic ring is 1. The van der Waals surface area contributed by atoms with Crippen LogP contribution in [-0.4, -0.2) is 18.3 Å². The fourth-order valence-electron chi connectivity index (χ4n) is 2.60. The molecule has 0 aliphatic carbocycles. The monoisotopic (exact) mass is 346 g/mol. The summed E-state index contributed by atoms with van der Waals surface area (Å²) in [5.41, 5.74) is 6.81. The molecule has 3 rings (SSSR count). The van der Waals surface area contributed by atoms with Crippen molar-refractivity contribution in [1.82, 2.24) is 0 Å². The minimum Gasteiger partial charge on any atom is -0.399 e. The van der Waals surface area contributed by atoms with E-state index in [4.69, 9.17) is 15.0 Å². The third-order valence-corrected chi connectivity index (χ3v) is 4.78. The van der Waals surface area contributed by atoms with Crippen molar-refractivity contribution in [3.05, 3.63) is 48.0 Å². The second-order valence-electron chi connectivity index (χ2n) is 7.18. The van der Waals surface area contributed by atoms with Crippen molar-refractivity contribution in [3.8, 4) is 0 Å². The summed E-state index contributed by atoms with van der Waals surface area (Å²) in [6, 6.07) is 8.50. The molecule has 1 aliphatic rings. The highest BCUT2D eigenvalue weighted by molar-refractivity contribution is 6.64. The molecule has 7 heteroatoms. The predicted molar refractivity (Wildman–Crippen MR) is 96.2 cm³/mol. The second-order valence-corrected chi connectivity index (χ2v) is 7.18. The number of benzene rings is 2. The van der Waals surface area contributed by atoms with E-state index in [2.05, 4.69) is 5.32 Å². The molecule has 2 aromatic carbocycles. The molecule has 1 fully saturated rings. The average Bonchev–Trinajstić information content (AvgIpc) is 2.72. The van der Waals surface area contributed by atoms with E-state index < -0.39 is 30.0 Å². The number of nitrogens with one attached hydrogen (secondary N) is 1. The lowest BCUT2D eigenvalue weighted by Crippen LogP contribution is -2.41. The summed E-state index contributed by atoms with van der Waals surface area (Å²) >= 11 is 0. The topological polar surface area (TPSA) is 56.5 Å². The van der Waals surface area contributed by atoms with Gasteiger partial charge >= 0.3 is 7.12 Å². The van der Waals surface area contributed by atoms with Gasteiger partial charge in [0.2, 0.25) is 0 Å². The molecule has 132 valence electrons. The van der Waals surface area contributed by atoms with E-state index >= 15 is 0 Å². The van der Waals surface area contributed by atoms with Crippen LogP contribution in [0.5, 0.6) is 0 Å². The maximum absolute atomic E-state index is 14.0. The molecule has 25 heavy (non-hydrogen) atoms. The van der Waals surface area contributed by atoms with Gasteiger partial charge in [0.15, 0.2) is 0 Å². The van der Waals surface area contributed by atoms with Gasteiger partial charge in [-0.25, -0.2) is 8.78 Å².